The molecule has 1 heterocycles. The van der Waals surface area contributed by atoms with Gasteiger partial charge in [0.1, 0.15) is 18.8 Å². The number of halogens is 3. The van der Waals surface area contributed by atoms with Crippen LogP contribution in [0.15, 0.2) is 101 Å². The van der Waals surface area contributed by atoms with E-state index in [4.69, 9.17) is 18.9 Å². The highest BCUT2D eigenvalue weighted by Gasteiger charge is 2.46. The Kier molecular flexibility index (Phi) is 11.0. The highest BCUT2D eigenvalue weighted by molar-refractivity contribution is 5.84. The average Bonchev–Trinajstić information content (AvgIpc) is 3.01. The number of para-hydroxylation sites is 1. The van der Waals surface area contributed by atoms with E-state index in [9.17, 15) is 23.5 Å². The fourth-order valence-corrected chi connectivity index (χ4v) is 4.30. The molecule has 0 aromatic heterocycles. The predicted molar refractivity (Wildman–Crippen MR) is 151 cm³/mol. The molecule has 3 aromatic carbocycles. The standard InChI is InChI=1S/C30H30F3N5O5/c1-38(29(39)41-20-22-13-7-3-8-14-22)18-26-25(40-19-21-11-5-2-6-12-21)17-24(36-37-34)27(42-26)43-28(30(31,32)33)35-23-15-9-4-10-16-23/h2-16,24-27H,17-20H2,1H3/b35-28+/t24-,25+,26-,27?/m1/s1. The van der Waals surface area contributed by atoms with E-state index in [0.29, 0.717) is 0 Å². The van der Waals surface area contributed by atoms with Gasteiger partial charge < -0.3 is 23.8 Å². The lowest BCUT2D eigenvalue weighted by Crippen LogP contribution is -2.54. The van der Waals surface area contributed by atoms with Crippen LogP contribution in [0.3, 0.4) is 0 Å². The maximum atomic E-state index is 14.0. The van der Waals surface area contributed by atoms with E-state index in [-0.39, 0.29) is 31.9 Å². The summed E-state index contributed by atoms with van der Waals surface area (Å²) in [6, 6.07) is 24.6. The Bertz CT molecular complexity index is 1390. The van der Waals surface area contributed by atoms with Gasteiger partial charge in [-0.3, -0.25) is 0 Å². The maximum Gasteiger partial charge on any atom is 0.468 e. The van der Waals surface area contributed by atoms with Crippen molar-refractivity contribution >= 4 is 17.7 Å². The minimum absolute atomic E-state index is 0.00693. The minimum atomic E-state index is -4.98. The number of ether oxygens (including phenoxy) is 4. The number of alkyl halides is 3. The number of benzene rings is 3. The highest BCUT2D eigenvalue weighted by atomic mass is 19.4. The Labute approximate surface area is 246 Å². The zero-order chi connectivity index (χ0) is 30.7. The lowest BCUT2D eigenvalue weighted by Gasteiger charge is -2.40. The minimum Gasteiger partial charge on any atom is -0.445 e. The molecule has 1 aliphatic heterocycles. The predicted octanol–water partition coefficient (Wildman–Crippen LogP) is 6.94. The summed E-state index contributed by atoms with van der Waals surface area (Å²) in [7, 11) is 1.47. The molecule has 1 aliphatic rings. The lowest BCUT2D eigenvalue weighted by atomic mass is 10.00. The van der Waals surface area contributed by atoms with Gasteiger partial charge in [0.25, 0.3) is 5.90 Å². The molecule has 4 rings (SSSR count). The van der Waals surface area contributed by atoms with Crippen LogP contribution in [0, 0.1) is 0 Å². The molecule has 0 N–H and O–H groups in total. The third-order valence-electron chi connectivity index (χ3n) is 6.45. The molecule has 0 spiro atoms. The molecule has 1 fully saturated rings. The molecular formula is C30H30F3N5O5. The van der Waals surface area contributed by atoms with Crippen molar-refractivity contribution in [1.29, 1.82) is 0 Å². The summed E-state index contributed by atoms with van der Waals surface area (Å²) < 4.78 is 64.7. The number of carbonyl (C=O) groups is 1. The molecular weight excluding hydrogens is 567 g/mol. The van der Waals surface area contributed by atoms with E-state index in [1.165, 1.54) is 36.2 Å². The van der Waals surface area contributed by atoms with Crippen LogP contribution in [0.5, 0.6) is 0 Å². The zero-order valence-electron chi connectivity index (χ0n) is 23.2. The van der Waals surface area contributed by atoms with Crippen LogP contribution in [-0.4, -0.2) is 61.2 Å². The van der Waals surface area contributed by atoms with Crippen molar-refractivity contribution in [3.63, 3.8) is 0 Å². The van der Waals surface area contributed by atoms with Crippen molar-refractivity contribution in [3.8, 4) is 0 Å². The Hall–Kier alpha value is -4.58. The molecule has 4 atom stereocenters. The van der Waals surface area contributed by atoms with E-state index in [1.807, 2.05) is 48.5 Å². The summed E-state index contributed by atoms with van der Waals surface area (Å²) in [5.74, 6) is -1.57. The molecule has 0 bridgehead atoms. The summed E-state index contributed by atoms with van der Waals surface area (Å²) in [6.45, 7) is 0.0531. The first-order chi connectivity index (χ1) is 20.7. The van der Waals surface area contributed by atoms with E-state index in [1.54, 1.807) is 18.2 Å². The summed E-state index contributed by atoms with van der Waals surface area (Å²) >= 11 is 0. The van der Waals surface area contributed by atoms with Gasteiger partial charge in [-0.1, -0.05) is 84.0 Å². The Morgan fingerprint density at radius 2 is 1.56 bits per heavy atom. The van der Waals surface area contributed by atoms with Gasteiger partial charge in [0.05, 0.1) is 24.9 Å². The monoisotopic (exact) mass is 597 g/mol. The molecule has 0 saturated carbocycles. The molecule has 1 saturated heterocycles. The second-order valence-electron chi connectivity index (χ2n) is 9.67. The number of aliphatic imine (C=N–C) groups is 1. The number of nitrogens with zero attached hydrogens (tertiary/aromatic N) is 5. The number of rotatable bonds is 10. The van der Waals surface area contributed by atoms with Crippen LogP contribution < -0.4 is 0 Å². The van der Waals surface area contributed by atoms with E-state index in [0.717, 1.165) is 11.1 Å². The van der Waals surface area contributed by atoms with Gasteiger partial charge in [-0.15, -0.1) is 0 Å². The molecule has 0 radical (unpaired) electrons. The summed E-state index contributed by atoms with van der Waals surface area (Å²) in [5, 5.41) is 3.65. The Morgan fingerprint density at radius 3 is 2.14 bits per heavy atom. The third kappa shape index (κ3) is 9.47. The van der Waals surface area contributed by atoms with Crippen molar-refractivity contribution in [2.45, 2.75) is 50.4 Å². The first-order valence-corrected chi connectivity index (χ1v) is 13.4. The topological polar surface area (TPSA) is 118 Å². The van der Waals surface area contributed by atoms with Crippen molar-refractivity contribution in [2.24, 2.45) is 10.1 Å². The number of hydrogen-bond donors (Lipinski definition) is 0. The SMILES string of the molecule is CN(C[C@H]1OC(O/C(=N/c2ccccc2)C(F)(F)F)[C@H](N=[N+]=[N-])C[C@@H]1OCc1ccccc1)C(=O)OCc1ccccc1. The van der Waals surface area contributed by atoms with Gasteiger partial charge in [0.15, 0.2) is 0 Å². The van der Waals surface area contributed by atoms with E-state index >= 15 is 0 Å². The normalized spacial score (nSPS) is 20.5. The van der Waals surface area contributed by atoms with Crippen molar-refractivity contribution in [1.82, 2.24) is 4.90 Å². The summed E-state index contributed by atoms with van der Waals surface area (Å²) in [6.07, 6.45) is -9.12. The number of carbonyl (C=O) groups excluding carboxylic acids is 1. The van der Waals surface area contributed by atoms with Crippen LogP contribution in [0.4, 0.5) is 23.7 Å². The van der Waals surface area contributed by atoms with Crippen molar-refractivity contribution < 1.29 is 36.9 Å². The number of amides is 1. The van der Waals surface area contributed by atoms with Crippen molar-refractivity contribution in [2.75, 3.05) is 13.6 Å². The van der Waals surface area contributed by atoms with Crippen molar-refractivity contribution in [3.05, 3.63) is 113 Å². The molecule has 3 aromatic rings. The number of azide groups is 1. The fraction of sp³-hybridized carbons (Fsp3) is 0.333. The maximum absolute atomic E-state index is 14.0. The van der Waals surface area contributed by atoms with Gasteiger partial charge in [-0.05, 0) is 35.2 Å². The molecule has 43 heavy (non-hydrogen) atoms. The zero-order valence-corrected chi connectivity index (χ0v) is 23.2. The van der Waals surface area contributed by atoms with Gasteiger partial charge in [0, 0.05) is 12.0 Å². The quantitative estimate of drug-likeness (QED) is 0.0825. The lowest BCUT2D eigenvalue weighted by molar-refractivity contribution is -0.223. The van der Waals surface area contributed by atoms with Gasteiger partial charge in [0.2, 0.25) is 6.29 Å². The van der Waals surface area contributed by atoms with Crippen LogP contribution in [0.25, 0.3) is 10.4 Å². The van der Waals surface area contributed by atoms with Crippen LogP contribution >= 0.6 is 0 Å². The first-order valence-electron chi connectivity index (χ1n) is 13.4. The number of hydrogen-bond acceptors (Lipinski definition) is 7. The Balaban J connectivity index is 1.54. The first kappa shape index (κ1) is 31.4. The average molecular weight is 598 g/mol. The molecule has 1 unspecified atom stereocenters. The summed E-state index contributed by atoms with van der Waals surface area (Å²) in [5.41, 5.74) is 10.8. The van der Waals surface area contributed by atoms with Gasteiger partial charge in [-0.2, -0.15) is 13.2 Å². The number of likely N-dealkylation sites (N-methyl/N-ethyl adjacent to an activating group) is 1. The summed E-state index contributed by atoms with van der Waals surface area (Å²) in [4.78, 5) is 20.4. The van der Waals surface area contributed by atoms with E-state index < -0.39 is 42.7 Å². The molecule has 0 aliphatic carbocycles. The largest absolute Gasteiger partial charge is 0.468 e. The van der Waals surface area contributed by atoms with Gasteiger partial charge in [-0.25, -0.2) is 9.79 Å². The van der Waals surface area contributed by atoms with Gasteiger partial charge >= 0.3 is 12.3 Å². The van der Waals surface area contributed by atoms with Crippen LogP contribution in [0.1, 0.15) is 17.5 Å². The smallest absolute Gasteiger partial charge is 0.445 e. The van der Waals surface area contributed by atoms with Crippen LogP contribution in [0.2, 0.25) is 0 Å². The highest BCUT2D eigenvalue weighted by Crippen LogP contribution is 2.31. The second kappa shape index (κ2) is 15.1. The third-order valence-corrected chi connectivity index (χ3v) is 6.45. The van der Waals surface area contributed by atoms with Crippen LogP contribution in [-0.2, 0) is 32.2 Å². The van der Waals surface area contributed by atoms with E-state index in [2.05, 4.69) is 15.0 Å². The fourth-order valence-electron chi connectivity index (χ4n) is 4.30. The second-order valence-corrected chi connectivity index (χ2v) is 9.67. The molecule has 226 valence electrons. The Morgan fingerprint density at radius 1 is 0.977 bits per heavy atom. The molecule has 1 amide bonds. The molecule has 13 heteroatoms. The molecule has 10 nitrogen and oxygen atoms in total.